The van der Waals surface area contributed by atoms with Gasteiger partial charge in [-0.2, -0.15) is 0 Å². The molecule has 1 aliphatic heterocycles. The van der Waals surface area contributed by atoms with Gasteiger partial charge in [-0.05, 0) is 17.7 Å². The molecule has 0 unspecified atom stereocenters. The van der Waals surface area contributed by atoms with Gasteiger partial charge in [-0.15, -0.1) is 11.8 Å². The fraction of sp³-hybridized carbons (Fsp3) is 0.167. The van der Waals surface area contributed by atoms with Gasteiger partial charge < -0.3 is 9.84 Å². The molecule has 152 valence electrons. The van der Waals surface area contributed by atoms with Crippen molar-refractivity contribution in [3.63, 3.8) is 0 Å². The van der Waals surface area contributed by atoms with E-state index in [2.05, 4.69) is 0 Å². The van der Waals surface area contributed by atoms with Crippen molar-refractivity contribution in [2.45, 2.75) is 5.75 Å². The number of fused-ring (bicyclic) bond motifs is 1. The van der Waals surface area contributed by atoms with Crippen LogP contribution in [0.2, 0.25) is 20.1 Å². The third-order valence-corrected chi connectivity index (χ3v) is 6.87. The van der Waals surface area contributed by atoms with Crippen LogP contribution in [0.5, 0.6) is 5.75 Å². The minimum absolute atomic E-state index is 0.0867. The van der Waals surface area contributed by atoms with Crippen LogP contribution in [0.3, 0.4) is 0 Å². The molecule has 0 atom stereocenters. The van der Waals surface area contributed by atoms with Gasteiger partial charge in [-0.25, -0.2) is 4.90 Å². The molecular weight excluding hydrogens is 484 g/mol. The number of imide groups is 1. The number of amides is 2. The van der Waals surface area contributed by atoms with Gasteiger partial charge in [0, 0.05) is 5.75 Å². The van der Waals surface area contributed by atoms with Crippen molar-refractivity contribution >= 4 is 81.6 Å². The van der Waals surface area contributed by atoms with E-state index in [-0.39, 0.29) is 48.4 Å². The van der Waals surface area contributed by atoms with Crippen LogP contribution in [0, 0.1) is 0 Å². The lowest BCUT2D eigenvalue weighted by molar-refractivity contribution is -0.133. The molecule has 0 fully saturated rings. The van der Waals surface area contributed by atoms with Crippen LogP contribution in [0.4, 0.5) is 5.69 Å². The number of aliphatic carboxylic acids is 1. The Morgan fingerprint density at radius 3 is 2.07 bits per heavy atom. The van der Waals surface area contributed by atoms with Gasteiger partial charge in [-0.3, -0.25) is 14.4 Å². The summed E-state index contributed by atoms with van der Waals surface area (Å²) in [7, 11) is 1.39. The lowest BCUT2D eigenvalue weighted by atomic mass is 10.1. The van der Waals surface area contributed by atoms with Gasteiger partial charge in [-0.1, -0.05) is 52.5 Å². The molecule has 1 N–H and O–H groups in total. The average Bonchev–Trinajstić information content (AvgIpc) is 2.94. The Hall–Kier alpha value is -1.64. The number of ether oxygens (including phenoxy) is 1. The lowest BCUT2D eigenvalue weighted by Crippen LogP contribution is -2.30. The van der Waals surface area contributed by atoms with Crippen molar-refractivity contribution in [1.82, 2.24) is 0 Å². The number of halogens is 4. The third kappa shape index (κ3) is 3.90. The number of hydrogen-bond acceptors (Lipinski definition) is 5. The highest BCUT2D eigenvalue weighted by Crippen LogP contribution is 2.46. The van der Waals surface area contributed by atoms with E-state index in [4.69, 9.17) is 56.2 Å². The normalized spacial score (nSPS) is 13.1. The second kappa shape index (κ2) is 8.62. The van der Waals surface area contributed by atoms with Gasteiger partial charge in [0.2, 0.25) is 0 Å². The molecule has 0 saturated heterocycles. The summed E-state index contributed by atoms with van der Waals surface area (Å²) in [6, 6.07) is 4.86. The molecule has 2 amide bonds. The summed E-state index contributed by atoms with van der Waals surface area (Å²) < 4.78 is 5.29. The minimum Gasteiger partial charge on any atom is -0.495 e. The SMILES string of the molecule is COc1ccc(CSCC(=O)O)cc1N1C(=O)c2c(Cl)c(Cl)c(Cl)c(Cl)c2C1=O. The second-order valence-corrected chi connectivity index (χ2v) is 8.34. The maximum atomic E-state index is 13.0. The molecule has 29 heavy (non-hydrogen) atoms. The zero-order valence-electron chi connectivity index (χ0n) is 14.6. The molecule has 0 saturated carbocycles. The van der Waals surface area contributed by atoms with Gasteiger partial charge in [0.05, 0.1) is 49.8 Å². The van der Waals surface area contributed by atoms with Crippen molar-refractivity contribution in [2.75, 3.05) is 17.8 Å². The number of carbonyl (C=O) groups is 3. The first-order chi connectivity index (χ1) is 13.7. The lowest BCUT2D eigenvalue weighted by Gasteiger charge is -2.18. The summed E-state index contributed by atoms with van der Waals surface area (Å²) in [5, 5.41) is 8.22. The zero-order chi connectivity index (χ0) is 21.5. The number of carboxylic acids is 1. The predicted octanol–water partition coefficient (Wildman–Crippen LogP) is 5.43. The Bertz CT molecular complexity index is 1010. The number of rotatable bonds is 6. The second-order valence-electron chi connectivity index (χ2n) is 5.84. The number of hydrogen-bond donors (Lipinski definition) is 1. The quantitative estimate of drug-likeness (QED) is 0.327. The average molecular weight is 495 g/mol. The van der Waals surface area contributed by atoms with Crippen molar-refractivity contribution in [2.24, 2.45) is 0 Å². The van der Waals surface area contributed by atoms with E-state index in [1.807, 2.05) is 0 Å². The number of nitrogens with zero attached hydrogens (tertiary/aromatic N) is 1. The number of carbonyl (C=O) groups excluding carboxylic acids is 2. The minimum atomic E-state index is -0.942. The molecule has 11 heteroatoms. The first-order valence-electron chi connectivity index (χ1n) is 7.90. The molecule has 0 bridgehead atoms. The first kappa shape index (κ1) is 22.1. The van der Waals surface area contributed by atoms with Gasteiger partial charge >= 0.3 is 5.97 Å². The number of methoxy groups -OCH3 is 1. The summed E-state index contributed by atoms with van der Waals surface area (Å²) in [5.41, 5.74) is 0.593. The van der Waals surface area contributed by atoms with Crippen molar-refractivity contribution in [3.8, 4) is 5.75 Å². The summed E-state index contributed by atoms with van der Waals surface area (Å²) in [6.07, 6.45) is 0. The maximum absolute atomic E-state index is 13.0. The Morgan fingerprint density at radius 2 is 1.59 bits per heavy atom. The maximum Gasteiger partial charge on any atom is 0.313 e. The first-order valence-corrected chi connectivity index (χ1v) is 10.6. The molecule has 0 aromatic heterocycles. The van der Waals surface area contributed by atoms with Gasteiger partial charge in [0.25, 0.3) is 11.8 Å². The van der Waals surface area contributed by atoms with Crippen LogP contribution in [-0.2, 0) is 10.5 Å². The van der Waals surface area contributed by atoms with Crippen LogP contribution < -0.4 is 9.64 Å². The monoisotopic (exact) mass is 493 g/mol. The fourth-order valence-electron chi connectivity index (χ4n) is 2.82. The van der Waals surface area contributed by atoms with Crippen molar-refractivity contribution < 1.29 is 24.2 Å². The Labute approximate surface area is 189 Å². The molecule has 3 rings (SSSR count). The van der Waals surface area contributed by atoms with E-state index in [0.29, 0.717) is 11.3 Å². The topological polar surface area (TPSA) is 83.9 Å². The number of benzene rings is 2. The zero-order valence-corrected chi connectivity index (χ0v) is 18.4. The highest BCUT2D eigenvalue weighted by Gasteiger charge is 2.43. The van der Waals surface area contributed by atoms with E-state index in [0.717, 1.165) is 4.90 Å². The van der Waals surface area contributed by atoms with E-state index >= 15 is 0 Å². The summed E-state index contributed by atoms with van der Waals surface area (Å²) in [5.74, 6) is -1.85. The van der Waals surface area contributed by atoms with Crippen LogP contribution in [0.1, 0.15) is 26.3 Å². The summed E-state index contributed by atoms with van der Waals surface area (Å²) in [4.78, 5) is 37.7. The van der Waals surface area contributed by atoms with Crippen LogP contribution in [-0.4, -0.2) is 35.8 Å². The standard InChI is InChI=1S/C18H11Cl4NO5S/c1-28-9-3-2-7(5-29-6-10(24)25)4-8(9)23-17(26)11-12(18(23)27)14(20)16(22)15(21)13(11)19/h2-4H,5-6H2,1H3,(H,24,25). The molecule has 0 spiro atoms. The molecule has 6 nitrogen and oxygen atoms in total. The van der Waals surface area contributed by atoms with Gasteiger partial charge in [0.1, 0.15) is 5.75 Å². The number of carboxylic acid groups (broad SMARTS) is 1. The predicted molar refractivity (Wildman–Crippen MR) is 114 cm³/mol. The summed E-state index contributed by atoms with van der Waals surface area (Å²) >= 11 is 25.6. The molecule has 1 aliphatic rings. The van der Waals surface area contributed by atoms with E-state index in [1.165, 1.54) is 18.9 Å². The van der Waals surface area contributed by atoms with E-state index < -0.39 is 17.8 Å². The van der Waals surface area contributed by atoms with Crippen molar-refractivity contribution in [3.05, 3.63) is 55.0 Å². The number of anilines is 1. The van der Waals surface area contributed by atoms with Gasteiger partial charge in [0.15, 0.2) is 0 Å². The van der Waals surface area contributed by atoms with Crippen molar-refractivity contribution in [1.29, 1.82) is 0 Å². The summed E-state index contributed by atoms with van der Waals surface area (Å²) in [6.45, 7) is 0. The molecule has 0 radical (unpaired) electrons. The van der Waals surface area contributed by atoms with Crippen LogP contribution in [0.15, 0.2) is 18.2 Å². The molecular formula is C18H11Cl4NO5S. The molecule has 1 heterocycles. The highest BCUT2D eigenvalue weighted by molar-refractivity contribution is 7.99. The van der Waals surface area contributed by atoms with Crippen LogP contribution >= 0.6 is 58.2 Å². The Morgan fingerprint density at radius 1 is 1.03 bits per heavy atom. The Balaban J connectivity index is 2.08. The largest absolute Gasteiger partial charge is 0.495 e. The fourth-order valence-corrected chi connectivity index (χ4v) is 4.53. The molecule has 0 aliphatic carbocycles. The smallest absolute Gasteiger partial charge is 0.313 e. The van der Waals surface area contributed by atoms with E-state index in [9.17, 15) is 14.4 Å². The number of thioether (sulfide) groups is 1. The molecule has 2 aromatic carbocycles. The molecule has 2 aromatic rings. The highest BCUT2D eigenvalue weighted by atomic mass is 35.5. The van der Waals surface area contributed by atoms with Crippen LogP contribution in [0.25, 0.3) is 0 Å². The third-order valence-electron chi connectivity index (χ3n) is 4.08. The Kier molecular flexibility index (Phi) is 6.55. The van der Waals surface area contributed by atoms with E-state index in [1.54, 1.807) is 18.2 Å².